The van der Waals surface area contributed by atoms with Gasteiger partial charge in [0.2, 0.25) is 0 Å². The molecule has 2 N–H and O–H groups in total. The molecule has 0 unspecified atom stereocenters. The third kappa shape index (κ3) is 7.14. The molecule has 0 spiro atoms. The maximum absolute atomic E-state index is 12.1. The molecule has 0 aromatic heterocycles. The van der Waals surface area contributed by atoms with E-state index < -0.39 is 0 Å². The first kappa shape index (κ1) is 22.3. The van der Waals surface area contributed by atoms with Crippen molar-refractivity contribution in [2.24, 2.45) is 4.99 Å². The minimum atomic E-state index is 0.0228. The third-order valence-corrected chi connectivity index (χ3v) is 4.48. The number of carbonyl (C=O) groups excluding carboxylic acids is 1. The van der Waals surface area contributed by atoms with E-state index in [2.05, 4.69) is 46.7 Å². The maximum Gasteiger partial charge on any atom is 0.253 e. The van der Waals surface area contributed by atoms with E-state index >= 15 is 0 Å². The Kier molecular flexibility index (Phi) is 8.52. The van der Waals surface area contributed by atoms with Gasteiger partial charge in [0, 0.05) is 52.5 Å². The van der Waals surface area contributed by atoms with E-state index in [9.17, 15) is 4.79 Å². The number of hydrogen-bond donors (Lipinski definition) is 2. The molecule has 6 nitrogen and oxygen atoms in total. The summed E-state index contributed by atoms with van der Waals surface area (Å²) in [5.74, 6) is 0.818. The smallest absolute Gasteiger partial charge is 0.253 e. The fourth-order valence-electron chi connectivity index (χ4n) is 2.89. The molecule has 0 radical (unpaired) electrons. The standard InChI is InChI=1S/C23H33N5O/c1-6-24-23(26-17-19-10-8-12-21(16-19)27(2)3)25-14-13-18-9-7-11-20(15-18)22(29)28(4)5/h7-12,15-16H,6,13-14,17H2,1-5H3,(H2,24,25,26). The Hall–Kier alpha value is -3.02. The van der Waals surface area contributed by atoms with Crippen LogP contribution in [0.2, 0.25) is 0 Å². The van der Waals surface area contributed by atoms with E-state index in [1.165, 1.54) is 11.3 Å². The van der Waals surface area contributed by atoms with Crippen molar-refractivity contribution in [2.45, 2.75) is 19.9 Å². The molecular weight excluding hydrogens is 362 g/mol. The second-order valence-corrected chi connectivity index (χ2v) is 7.34. The second-order valence-electron chi connectivity index (χ2n) is 7.34. The first-order valence-electron chi connectivity index (χ1n) is 9.99. The SMILES string of the molecule is CCNC(=NCc1cccc(N(C)C)c1)NCCc1cccc(C(=O)N(C)C)c1. The minimum absolute atomic E-state index is 0.0228. The molecular formula is C23H33N5O. The van der Waals surface area contributed by atoms with Gasteiger partial charge in [0.25, 0.3) is 5.91 Å². The Labute approximate surface area is 174 Å². The highest BCUT2D eigenvalue weighted by molar-refractivity contribution is 5.94. The number of benzene rings is 2. The topological polar surface area (TPSA) is 60.0 Å². The zero-order valence-corrected chi connectivity index (χ0v) is 18.2. The Morgan fingerprint density at radius 3 is 2.38 bits per heavy atom. The lowest BCUT2D eigenvalue weighted by Gasteiger charge is -2.14. The molecule has 0 bridgehead atoms. The summed E-state index contributed by atoms with van der Waals surface area (Å²) >= 11 is 0. The van der Waals surface area contributed by atoms with Gasteiger partial charge in [0.15, 0.2) is 5.96 Å². The van der Waals surface area contributed by atoms with Gasteiger partial charge in [-0.3, -0.25) is 4.79 Å². The van der Waals surface area contributed by atoms with Gasteiger partial charge in [-0.25, -0.2) is 4.99 Å². The summed E-state index contributed by atoms with van der Waals surface area (Å²) in [6, 6.07) is 16.2. The van der Waals surface area contributed by atoms with Crippen LogP contribution in [0.4, 0.5) is 5.69 Å². The lowest BCUT2D eigenvalue weighted by Crippen LogP contribution is -2.38. The summed E-state index contributed by atoms with van der Waals surface area (Å²) in [6.45, 7) is 4.21. The van der Waals surface area contributed by atoms with Crippen LogP contribution in [0, 0.1) is 0 Å². The lowest BCUT2D eigenvalue weighted by atomic mass is 10.1. The Bertz CT molecular complexity index is 830. The third-order valence-electron chi connectivity index (χ3n) is 4.48. The molecule has 0 saturated carbocycles. The molecule has 0 aliphatic heterocycles. The molecule has 2 rings (SSSR count). The van der Waals surface area contributed by atoms with Gasteiger partial charge in [-0.05, 0) is 48.7 Å². The van der Waals surface area contributed by atoms with E-state index in [-0.39, 0.29) is 5.91 Å². The molecule has 0 fully saturated rings. The zero-order valence-electron chi connectivity index (χ0n) is 18.2. The number of nitrogens with zero attached hydrogens (tertiary/aromatic N) is 3. The van der Waals surface area contributed by atoms with Crippen LogP contribution in [0.1, 0.15) is 28.4 Å². The van der Waals surface area contributed by atoms with E-state index in [4.69, 9.17) is 4.99 Å². The monoisotopic (exact) mass is 395 g/mol. The average Bonchev–Trinajstić information content (AvgIpc) is 2.71. The number of amides is 1. The van der Waals surface area contributed by atoms with Crippen LogP contribution in [-0.4, -0.2) is 58.0 Å². The zero-order chi connectivity index (χ0) is 21.2. The van der Waals surface area contributed by atoms with Crippen molar-refractivity contribution in [3.05, 3.63) is 65.2 Å². The molecule has 0 heterocycles. The second kappa shape index (κ2) is 11.1. The van der Waals surface area contributed by atoms with Gasteiger partial charge in [0.1, 0.15) is 0 Å². The van der Waals surface area contributed by atoms with Gasteiger partial charge in [-0.15, -0.1) is 0 Å². The highest BCUT2D eigenvalue weighted by atomic mass is 16.2. The first-order chi connectivity index (χ1) is 13.9. The predicted octanol–water partition coefficient (Wildman–Crippen LogP) is 2.75. The van der Waals surface area contributed by atoms with Gasteiger partial charge in [-0.1, -0.05) is 24.3 Å². The van der Waals surface area contributed by atoms with E-state index in [0.717, 1.165) is 31.0 Å². The number of rotatable bonds is 8. The van der Waals surface area contributed by atoms with E-state index in [1.807, 2.05) is 38.4 Å². The van der Waals surface area contributed by atoms with Crippen molar-refractivity contribution in [3.63, 3.8) is 0 Å². The predicted molar refractivity (Wildman–Crippen MR) is 122 cm³/mol. The highest BCUT2D eigenvalue weighted by Gasteiger charge is 2.08. The van der Waals surface area contributed by atoms with Crippen LogP contribution in [0.5, 0.6) is 0 Å². The maximum atomic E-state index is 12.1. The van der Waals surface area contributed by atoms with Crippen LogP contribution >= 0.6 is 0 Å². The van der Waals surface area contributed by atoms with Crippen LogP contribution in [-0.2, 0) is 13.0 Å². The van der Waals surface area contributed by atoms with Gasteiger partial charge in [0.05, 0.1) is 6.54 Å². The summed E-state index contributed by atoms with van der Waals surface area (Å²) in [5.41, 5.74) is 4.18. The summed E-state index contributed by atoms with van der Waals surface area (Å²) in [4.78, 5) is 20.5. The summed E-state index contributed by atoms with van der Waals surface area (Å²) in [7, 11) is 7.61. The fourth-order valence-corrected chi connectivity index (χ4v) is 2.89. The van der Waals surface area contributed by atoms with Crippen molar-refractivity contribution in [1.29, 1.82) is 0 Å². The number of nitrogens with one attached hydrogen (secondary N) is 2. The molecule has 0 atom stereocenters. The number of anilines is 1. The molecule has 0 aliphatic rings. The van der Waals surface area contributed by atoms with Crippen molar-refractivity contribution < 1.29 is 4.79 Å². The van der Waals surface area contributed by atoms with E-state index in [1.54, 1.807) is 19.0 Å². The molecule has 0 saturated heterocycles. The first-order valence-corrected chi connectivity index (χ1v) is 9.99. The summed E-state index contributed by atoms with van der Waals surface area (Å²) in [5, 5.41) is 6.67. The molecule has 29 heavy (non-hydrogen) atoms. The van der Waals surface area contributed by atoms with Crippen LogP contribution in [0.25, 0.3) is 0 Å². The highest BCUT2D eigenvalue weighted by Crippen LogP contribution is 2.14. The normalized spacial score (nSPS) is 11.1. The molecule has 2 aromatic carbocycles. The van der Waals surface area contributed by atoms with Crippen molar-refractivity contribution in [2.75, 3.05) is 46.2 Å². The molecule has 156 valence electrons. The Morgan fingerprint density at radius 2 is 1.69 bits per heavy atom. The van der Waals surface area contributed by atoms with Gasteiger partial charge < -0.3 is 20.4 Å². The largest absolute Gasteiger partial charge is 0.378 e. The molecule has 1 amide bonds. The molecule has 6 heteroatoms. The summed E-state index contributed by atoms with van der Waals surface area (Å²) < 4.78 is 0. The van der Waals surface area contributed by atoms with Crippen LogP contribution in [0.3, 0.4) is 0 Å². The van der Waals surface area contributed by atoms with Crippen molar-refractivity contribution in [3.8, 4) is 0 Å². The van der Waals surface area contributed by atoms with Crippen LogP contribution in [0.15, 0.2) is 53.5 Å². The van der Waals surface area contributed by atoms with Crippen molar-refractivity contribution >= 4 is 17.6 Å². The Balaban J connectivity index is 1.96. The minimum Gasteiger partial charge on any atom is -0.378 e. The quantitative estimate of drug-likeness (QED) is 0.533. The summed E-state index contributed by atoms with van der Waals surface area (Å²) in [6.07, 6.45) is 0.815. The Morgan fingerprint density at radius 1 is 0.966 bits per heavy atom. The molecule has 0 aliphatic carbocycles. The van der Waals surface area contributed by atoms with Gasteiger partial charge in [-0.2, -0.15) is 0 Å². The van der Waals surface area contributed by atoms with Crippen molar-refractivity contribution in [1.82, 2.24) is 15.5 Å². The number of aliphatic imine (C=N–C) groups is 1. The van der Waals surface area contributed by atoms with E-state index in [0.29, 0.717) is 12.1 Å². The number of carbonyl (C=O) groups is 1. The number of guanidine groups is 1. The lowest BCUT2D eigenvalue weighted by molar-refractivity contribution is 0.0827. The molecule has 2 aromatic rings. The van der Waals surface area contributed by atoms with Gasteiger partial charge >= 0.3 is 0 Å². The number of hydrogen-bond acceptors (Lipinski definition) is 3. The fraction of sp³-hybridized carbons (Fsp3) is 0.391. The van der Waals surface area contributed by atoms with Crippen LogP contribution < -0.4 is 15.5 Å². The average molecular weight is 396 g/mol.